The normalized spacial score (nSPS) is 10.0. The second kappa shape index (κ2) is 6.65. The number of ether oxygens (including phenoxy) is 2. The summed E-state index contributed by atoms with van der Waals surface area (Å²) in [7, 11) is 3.15. The highest BCUT2D eigenvalue weighted by atomic mass is 16.5. The molecule has 0 atom stereocenters. The number of carbonyl (C=O) groups is 1. The van der Waals surface area contributed by atoms with Gasteiger partial charge in [0, 0.05) is 5.69 Å². The molecular formula is C16H18N2O3. The number of benzene rings is 2. The van der Waals surface area contributed by atoms with Crippen molar-refractivity contribution < 1.29 is 14.3 Å². The minimum Gasteiger partial charge on any atom is -0.497 e. The molecule has 0 bridgehead atoms. The van der Waals surface area contributed by atoms with Crippen LogP contribution in [-0.4, -0.2) is 20.1 Å². The van der Waals surface area contributed by atoms with Gasteiger partial charge >= 0.3 is 0 Å². The number of hydrogen-bond donors (Lipinski definition) is 2. The maximum Gasteiger partial charge on any atom is 0.228 e. The van der Waals surface area contributed by atoms with E-state index in [9.17, 15) is 4.79 Å². The molecule has 2 rings (SSSR count). The second-order valence-electron chi connectivity index (χ2n) is 4.53. The number of nitrogens with one attached hydrogen (secondary N) is 1. The van der Waals surface area contributed by atoms with Crippen LogP contribution in [0.2, 0.25) is 0 Å². The average Bonchev–Trinajstić information content (AvgIpc) is 2.48. The van der Waals surface area contributed by atoms with E-state index in [1.165, 1.54) is 0 Å². The summed E-state index contributed by atoms with van der Waals surface area (Å²) in [6.45, 7) is 0. The van der Waals surface area contributed by atoms with Gasteiger partial charge in [-0.15, -0.1) is 0 Å². The number of nitrogen functional groups attached to an aromatic ring is 1. The van der Waals surface area contributed by atoms with E-state index in [4.69, 9.17) is 15.2 Å². The summed E-state index contributed by atoms with van der Waals surface area (Å²) in [5.74, 6) is 1.20. The van der Waals surface area contributed by atoms with Crippen molar-refractivity contribution >= 4 is 17.3 Å². The van der Waals surface area contributed by atoms with E-state index in [1.54, 1.807) is 32.4 Å². The van der Waals surface area contributed by atoms with E-state index in [1.807, 2.05) is 24.3 Å². The Morgan fingerprint density at radius 2 is 1.81 bits per heavy atom. The number of anilines is 2. The minimum atomic E-state index is -0.135. The smallest absolute Gasteiger partial charge is 0.228 e. The molecule has 0 radical (unpaired) electrons. The molecule has 2 aromatic carbocycles. The van der Waals surface area contributed by atoms with Gasteiger partial charge in [-0.25, -0.2) is 0 Å². The summed E-state index contributed by atoms with van der Waals surface area (Å²) in [6.07, 6.45) is 0.266. The van der Waals surface area contributed by atoms with Crippen LogP contribution in [0.1, 0.15) is 5.56 Å². The Labute approximate surface area is 123 Å². The Bertz CT molecular complexity index is 624. The molecule has 0 unspecified atom stereocenters. The van der Waals surface area contributed by atoms with Crippen molar-refractivity contribution in [3.05, 3.63) is 48.0 Å². The molecule has 0 spiro atoms. The van der Waals surface area contributed by atoms with Crippen molar-refractivity contribution in [1.82, 2.24) is 0 Å². The first-order valence-electron chi connectivity index (χ1n) is 6.48. The van der Waals surface area contributed by atoms with E-state index in [0.29, 0.717) is 17.1 Å². The lowest BCUT2D eigenvalue weighted by Crippen LogP contribution is -2.15. The molecule has 5 heteroatoms. The highest BCUT2D eigenvalue weighted by molar-refractivity contribution is 5.94. The van der Waals surface area contributed by atoms with Gasteiger partial charge in [0.1, 0.15) is 11.5 Å². The Morgan fingerprint density at radius 1 is 1.10 bits per heavy atom. The van der Waals surface area contributed by atoms with Crippen molar-refractivity contribution in [1.29, 1.82) is 0 Å². The zero-order chi connectivity index (χ0) is 15.2. The third-order valence-corrected chi connectivity index (χ3v) is 3.02. The Balaban J connectivity index is 2.05. The highest BCUT2D eigenvalue weighted by Gasteiger charge is 2.09. The summed E-state index contributed by atoms with van der Waals surface area (Å²) in [5, 5.41) is 2.80. The molecule has 0 aliphatic rings. The quantitative estimate of drug-likeness (QED) is 0.828. The van der Waals surface area contributed by atoms with Crippen LogP contribution in [0.25, 0.3) is 0 Å². The molecule has 2 aromatic rings. The third kappa shape index (κ3) is 3.89. The van der Waals surface area contributed by atoms with Gasteiger partial charge in [0.25, 0.3) is 0 Å². The van der Waals surface area contributed by atoms with E-state index in [-0.39, 0.29) is 12.3 Å². The van der Waals surface area contributed by atoms with E-state index >= 15 is 0 Å². The van der Waals surface area contributed by atoms with Gasteiger partial charge in [0.05, 0.1) is 26.3 Å². The molecule has 0 saturated heterocycles. The Kier molecular flexibility index (Phi) is 4.66. The number of rotatable bonds is 5. The van der Waals surface area contributed by atoms with Gasteiger partial charge in [0.2, 0.25) is 5.91 Å². The molecule has 0 aliphatic heterocycles. The number of methoxy groups -OCH3 is 2. The van der Waals surface area contributed by atoms with Crippen LogP contribution < -0.4 is 20.5 Å². The monoisotopic (exact) mass is 286 g/mol. The molecule has 3 N–H and O–H groups in total. The lowest BCUT2D eigenvalue weighted by atomic mass is 10.1. The van der Waals surface area contributed by atoms with E-state index < -0.39 is 0 Å². The van der Waals surface area contributed by atoms with Crippen LogP contribution in [0.4, 0.5) is 11.4 Å². The van der Waals surface area contributed by atoms with E-state index in [2.05, 4.69) is 5.32 Å². The molecule has 0 fully saturated rings. The second-order valence-corrected chi connectivity index (χ2v) is 4.53. The topological polar surface area (TPSA) is 73.6 Å². The van der Waals surface area contributed by atoms with Gasteiger partial charge < -0.3 is 20.5 Å². The van der Waals surface area contributed by atoms with Gasteiger partial charge in [-0.3, -0.25) is 4.79 Å². The van der Waals surface area contributed by atoms with Crippen LogP contribution in [0.5, 0.6) is 11.5 Å². The van der Waals surface area contributed by atoms with Crippen LogP contribution >= 0.6 is 0 Å². The van der Waals surface area contributed by atoms with Crippen LogP contribution in [0, 0.1) is 0 Å². The van der Waals surface area contributed by atoms with E-state index in [0.717, 1.165) is 11.3 Å². The first-order chi connectivity index (χ1) is 10.1. The van der Waals surface area contributed by atoms with Crippen molar-refractivity contribution in [2.24, 2.45) is 0 Å². The summed E-state index contributed by atoms with van der Waals surface area (Å²) in [6, 6.07) is 12.5. The zero-order valence-corrected chi connectivity index (χ0v) is 12.1. The molecular weight excluding hydrogens is 268 g/mol. The van der Waals surface area contributed by atoms with Crippen molar-refractivity contribution in [3.8, 4) is 11.5 Å². The highest BCUT2D eigenvalue weighted by Crippen LogP contribution is 2.26. The molecule has 0 aliphatic carbocycles. The largest absolute Gasteiger partial charge is 0.497 e. The predicted octanol–water partition coefficient (Wildman–Crippen LogP) is 2.47. The summed E-state index contributed by atoms with van der Waals surface area (Å²) < 4.78 is 10.3. The first kappa shape index (κ1) is 14.7. The summed E-state index contributed by atoms with van der Waals surface area (Å²) in [4.78, 5) is 12.1. The van der Waals surface area contributed by atoms with Crippen molar-refractivity contribution in [3.63, 3.8) is 0 Å². The number of hydrogen-bond acceptors (Lipinski definition) is 4. The fourth-order valence-corrected chi connectivity index (χ4v) is 1.95. The van der Waals surface area contributed by atoms with Crippen molar-refractivity contribution in [2.45, 2.75) is 6.42 Å². The molecule has 1 amide bonds. The van der Waals surface area contributed by atoms with Crippen LogP contribution in [0.3, 0.4) is 0 Å². The van der Waals surface area contributed by atoms with Gasteiger partial charge in [-0.2, -0.15) is 0 Å². The third-order valence-electron chi connectivity index (χ3n) is 3.02. The molecule has 0 heterocycles. The van der Waals surface area contributed by atoms with Crippen molar-refractivity contribution in [2.75, 3.05) is 25.3 Å². The molecule has 0 saturated carbocycles. The van der Waals surface area contributed by atoms with Gasteiger partial charge in [-0.05, 0) is 35.9 Å². The van der Waals surface area contributed by atoms with Crippen LogP contribution in [0.15, 0.2) is 42.5 Å². The fraction of sp³-hybridized carbons (Fsp3) is 0.188. The fourth-order valence-electron chi connectivity index (χ4n) is 1.95. The number of carbonyl (C=O) groups excluding carboxylic acids is 1. The van der Waals surface area contributed by atoms with Gasteiger partial charge in [0.15, 0.2) is 0 Å². The summed E-state index contributed by atoms with van der Waals surface area (Å²) >= 11 is 0. The van der Waals surface area contributed by atoms with Crippen LogP contribution in [-0.2, 0) is 11.2 Å². The maximum absolute atomic E-state index is 12.1. The SMILES string of the molecule is COc1ccc(CC(=O)Nc2cc(N)ccc2OC)cc1. The Morgan fingerprint density at radius 3 is 2.43 bits per heavy atom. The Hall–Kier alpha value is -2.69. The zero-order valence-electron chi connectivity index (χ0n) is 12.1. The lowest BCUT2D eigenvalue weighted by Gasteiger charge is -2.11. The number of nitrogens with two attached hydrogens (primary N) is 1. The average molecular weight is 286 g/mol. The summed E-state index contributed by atoms with van der Waals surface area (Å²) in [5.41, 5.74) is 7.75. The molecule has 0 aromatic heterocycles. The minimum absolute atomic E-state index is 0.135. The lowest BCUT2D eigenvalue weighted by molar-refractivity contribution is -0.115. The molecule has 5 nitrogen and oxygen atoms in total. The number of amides is 1. The standard InChI is InChI=1S/C16H18N2O3/c1-20-13-6-3-11(4-7-13)9-16(19)18-14-10-12(17)5-8-15(14)21-2/h3-8,10H,9,17H2,1-2H3,(H,18,19). The molecule has 21 heavy (non-hydrogen) atoms. The first-order valence-corrected chi connectivity index (χ1v) is 6.48. The molecule has 110 valence electrons. The maximum atomic E-state index is 12.1. The predicted molar refractivity (Wildman–Crippen MR) is 82.7 cm³/mol. The van der Waals surface area contributed by atoms with Gasteiger partial charge in [-0.1, -0.05) is 12.1 Å².